The lowest BCUT2D eigenvalue weighted by molar-refractivity contribution is 0.303. The second-order valence-electron chi connectivity index (χ2n) is 6.98. The second-order valence-corrected chi connectivity index (χ2v) is 6.98. The average Bonchev–Trinajstić information content (AvgIpc) is 3.28. The molecule has 0 aliphatic carbocycles. The number of rotatable bonds is 6. The first-order chi connectivity index (χ1) is 13.3. The van der Waals surface area contributed by atoms with E-state index in [1.807, 2.05) is 24.3 Å². The third-order valence-corrected chi connectivity index (χ3v) is 5.26. The van der Waals surface area contributed by atoms with E-state index in [2.05, 4.69) is 47.0 Å². The minimum atomic E-state index is 0.333. The summed E-state index contributed by atoms with van der Waals surface area (Å²) in [5.74, 6) is 1.78. The molecule has 2 atom stereocenters. The Labute approximate surface area is 160 Å². The highest BCUT2D eigenvalue weighted by atomic mass is 16.5. The molecule has 1 fully saturated rings. The van der Waals surface area contributed by atoms with Crippen LogP contribution in [0.2, 0.25) is 0 Å². The van der Waals surface area contributed by atoms with Gasteiger partial charge >= 0.3 is 0 Å². The number of hydrogen-bond donors (Lipinski definition) is 2. The number of piperidine rings is 1. The maximum absolute atomic E-state index is 5.58. The molecule has 3 aromatic rings. The van der Waals surface area contributed by atoms with Gasteiger partial charge in [0.15, 0.2) is 0 Å². The molecule has 0 radical (unpaired) electrons. The molecule has 27 heavy (non-hydrogen) atoms. The lowest BCUT2D eigenvalue weighted by atomic mass is 9.92. The molecule has 1 saturated heterocycles. The SMILES string of the molecule is COc1ccc(-c2ccco2)cc1CN[C@H]1CCCN[C@H]1c1ccccc1. The Morgan fingerprint density at radius 1 is 1.11 bits per heavy atom. The van der Waals surface area contributed by atoms with E-state index in [1.54, 1.807) is 13.4 Å². The molecule has 4 heteroatoms. The molecule has 0 bridgehead atoms. The van der Waals surface area contributed by atoms with Gasteiger partial charge in [0.25, 0.3) is 0 Å². The van der Waals surface area contributed by atoms with E-state index < -0.39 is 0 Å². The van der Waals surface area contributed by atoms with Crippen LogP contribution in [0.25, 0.3) is 11.3 Å². The van der Waals surface area contributed by atoms with Crippen molar-refractivity contribution in [1.29, 1.82) is 0 Å². The molecular weight excluding hydrogens is 336 g/mol. The molecule has 0 unspecified atom stereocenters. The molecular formula is C23H26N2O2. The van der Waals surface area contributed by atoms with Crippen molar-refractivity contribution >= 4 is 0 Å². The lowest BCUT2D eigenvalue weighted by Crippen LogP contribution is -2.45. The zero-order valence-corrected chi connectivity index (χ0v) is 15.7. The maximum atomic E-state index is 5.58. The predicted octanol–water partition coefficient (Wildman–Crippen LogP) is 4.54. The fourth-order valence-corrected chi connectivity index (χ4v) is 3.87. The number of benzene rings is 2. The summed E-state index contributed by atoms with van der Waals surface area (Å²) < 4.78 is 11.1. The summed E-state index contributed by atoms with van der Waals surface area (Å²) in [5, 5.41) is 7.44. The summed E-state index contributed by atoms with van der Waals surface area (Å²) in [6.07, 6.45) is 4.05. The van der Waals surface area contributed by atoms with Crippen LogP contribution in [0.5, 0.6) is 5.75 Å². The van der Waals surface area contributed by atoms with Gasteiger partial charge in [0.05, 0.1) is 13.4 Å². The van der Waals surface area contributed by atoms with Crippen molar-refractivity contribution in [3.8, 4) is 17.1 Å². The van der Waals surface area contributed by atoms with E-state index in [-0.39, 0.29) is 0 Å². The molecule has 0 amide bonds. The number of furan rings is 1. The van der Waals surface area contributed by atoms with Crippen molar-refractivity contribution in [3.05, 3.63) is 78.1 Å². The first-order valence-corrected chi connectivity index (χ1v) is 9.57. The molecule has 1 aliphatic heterocycles. The molecule has 2 N–H and O–H groups in total. The molecule has 0 saturated carbocycles. The van der Waals surface area contributed by atoms with Gasteiger partial charge in [0, 0.05) is 29.8 Å². The van der Waals surface area contributed by atoms with E-state index in [0.717, 1.165) is 42.1 Å². The highest BCUT2D eigenvalue weighted by Crippen LogP contribution is 2.28. The van der Waals surface area contributed by atoms with Gasteiger partial charge in [-0.25, -0.2) is 0 Å². The monoisotopic (exact) mass is 362 g/mol. The summed E-state index contributed by atoms with van der Waals surface area (Å²) in [4.78, 5) is 0. The van der Waals surface area contributed by atoms with Crippen LogP contribution in [0.3, 0.4) is 0 Å². The largest absolute Gasteiger partial charge is 0.496 e. The quantitative estimate of drug-likeness (QED) is 0.676. The Morgan fingerprint density at radius 2 is 2.00 bits per heavy atom. The minimum absolute atomic E-state index is 0.333. The molecule has 2 aromatic carbocycles. The Morgan fingerprint density at radius 3 is 2.78 bits per heavy atom. The summed E-state index contributed by atoms with van der Waals surface area (Å²) in [6.45, 7) is 1.82. The Balaban J connectivity index is 1.52. The first-order valence-electron chi connectivity index (χ1n) is 9.57. The number of methoxy groups -OCH3 is 1. The van der Waals surface area contributed by atoms with E-state index in [9.17, 15) is 0 Å². The molecule has 4 nitrogen and oxygen atoms in total. The van der Waals surface area contributed by atoms with Crippen LogP contribution in [0, 0.1) is 0 Å². The molecule has 1 aromatic heterocycles. The van der Waals surface area contributed by atoms with Crippen LogP contribution in [0.15, 0.2) is 71.3 Å². The van der Waals surface area contributed by atoms with Crippen molar-refractivity contribution in [2.45, 2.75) is 31.5 Å². The summed E-state index contributed by atoms with van der Waals surface area (Å²) in [7, 11) is 1.72. The normalized spacial score (nSPS) is 19.7. The third-order valence-electron chi connectivity index (χ3n) is 5.26. The van der Waals surface area contributed by atoms with Crippen LogP contribution in [0.4, 0.5) is 0 Å². The third kappa shape index (κ3) is 4.07. The van der Waals surface area contributed by atoms with Gasteiger partial charge in [0.2, 0.25) is 0 Å². The number of ether oxygens (including phenoxy) is 1. The van der Waals surface area contributed by atoms with Crippen LogP contribution in [-0.4, -0.2) is 19.7 Å². The van der Waals surface area contributed by atoms with Gasteiger partial charge in [-0.05, 0) is 55.3 Å². The van der Waals surface area contributed by atoms with Gasteiger partial charge < -0.3 is 19.8 Å². The summed E-state index contributed by atoms with van der Waals surface area (Å²) in [6, 6.07) is 21.5. The smallest absolute Gasteiger partial charge is 0.133 e. The molecule has 0 spiro atoms. The van der Waals surface area contributed by atoms with Gasteiger partial charge in [-0.15, -0.1) is 0 Å². The van der Waals surface area contributed by atoms with Crippen LogP contribution >= 0.6 is 0 Å². The highest BCUT2D eigenvalue weighted by molar-refractivity contribution is 5.60. The van der Waals surface area contributed by atoms with Gasteiger partial charge in [-0.3, -0.25) is 0 Å². The topological polar surface area (TPSA) is 46.4 Å². The van der Waals surface area contributed by atoms with E-state index in [1.165, 1.54) is 12.0 Å². The maximum Gasteiger partial charge on any atom is 0.133 e. The fourth-order valence-electron chi connectivity index (χ4n) is 3.87. The van der Waals surface area contributed by atoms with Crippen molar-refractivity contribution in [2.75, 3.05) is 13.7 Å². The van der Waals surface area contributed by atoms with Crippen LogP contribution < -0.4 is 15.4 Å². The summed E-state index contributed by atoms with van der Waals surface area (Å²) >= 11 is 0. The second kappa shape index (κ2) is 8.42. The zero-order chi connectivity index (χ0) is 18.5. The van der Waals surface area contributed by atoms with Crippen molar-refractivity contribution in [1.82, 2.24) is 10.6 Å². The highest BCUT2D eigenvalue weighted by Gasteiger charge is 2.25. The Hall–Kier alpha value is -2.56. The zero-order valence-electron chi connectivity index (χ0n) is 15.7. The van der Waals surface area contributed by atoms with E-state index >= 15 is 0 Å². The predicted molar refractivity (Wildman–Crippen MR) is 108 cm³/mol. The Bertz CT molecular complexity index is 846. The number of hydrogen-bond acceptors (Lipinski definition) is 4. The van der Waals surface area contributed by atoms with Gasteiger partial charge in [0.1, 0.15) is 11.5 Å². The van der Waals surface area contributed by atoms with Gasteiger partial charge in [-0.1, -0.05) is 30.3 Å². The van der Waals surface area contributed by atoms with E-state index in [4.69, 9.17) is 9.15 Å². The minimum Gasteiger partial charge on any atom is -0.496 e. The van der Waals surface area contributed by atoms with Crippen LogP contribution in [-0.2, 0) is 6.54 Å². The van der Waals surface area contributed by atoms with Crippen molar-refractivity contribution < 1.29 is 9.15 Å². The van der Waals surface area contributed by atoms with E-state index in [0.29, 0.717) is 12.1 Å². The van der Waals surface area contributed by atoms with Crippen molar-refractivity contribution in [2.24, 2.45) is 0 Å². The molecule has 140 valence electrons. The average molecular weight is 362 g/mol. The molecule has 2 heterocycles. The standard InChI is InChI=1S/C23H26N2O2/c1-26-21-12-11-18(22-10-6-14-27-22)15-19(21)16-25-20-9-5-13-24-23(20)17-7-3-2-4-8-17/h2-4,6-8,10-12,14-15,20,23-25H,5,9,13,16H2,1H3/t20-,23-/m0/s1. The lowest BCUT2D eigenvalue weighted by Gasteiger charge is -2.34. The number of nitrogens with one attached hydrogen (secondary N) is 2. The summed E-state index contributed by atoms with van der Waals surface area (Å²) in [5.41, 5.74) is 3.55. The van der Waals surface area contributed by atoms with Crippen molar-refractivity contribution in [3.63, 3.8) is 0 Å². The Kier molecular flexibility index (Phi) is 5.56. The van der Waals surface area contributed by atoms with Crippen LogP contribution in [0.1, 0.15) is 30.0 Å². The van der Waals surface area contributed by atoms with Gasteiger partial charge in [-0.2, -0.15) is 0 Å². The fraction of sp³-hybridized carbons (Fsp3) is 0.304. The molecule has 4 rings (SSSR count). The molecule has 1 aliphatic rings. The first kappa shape index (κ1) is 17.8.